The average Bonchev–Trinajstić information content (AvgIpc) is 2.66. The first-order valence-corrected chi connectivity index (χ1v) is 6.53. The molecule has 7 heteroatoms. The van der Waals surface area contributed by atoms with Gasteiger partial charge in [-0.25, -0.2) is 0 Å². The van der Waals surface area contributed by atoms with E-state index in [1.54, 1.807) is 6.08 Å². The lowest BCUT2D eigenvalue weighted by Crippen LogP contribution is -2.53. The number of rotatable bonds is 4. The number of alkyl halides is 1. The summed E-state index contributed by atoms with van der Waals surface area (Å²) >= 11 is 2.06. The molecule has 0 aromatic heterocycles. The number of hydrogen-bond acceptors (Lipinski definition) is 4. The Morgan fingerprint density at radius 2 is 2.29 bits per heavy atom. The number of hydrogen-bond donors (Lipinski definition) is 2. The minimum absolute atomic E-state index is 0.307. The molecule has 0 aromatic carbocycles. The molecule has 6 nitrogen and oxygen atoms in total. The maximum Gasteiger partial charge on any atom is 0.254 e. The van der Waals surface area contributed by atoms with Crippen LogP contribution in [0.1, 0.15) is 6.92 Å². The van der Waals surface area contributed by atoms with Crippen LogP contribution in [0.5, 0.6) is 0 Å². The standard InChI is InChI=1S/C10H13IN2O4/c1-6(15)12-8(5-14)10(17)13-7(4-11)2-3-9(13)16/h2-3,7-8,14H,4-5H2,1H3,(H,12,15). The monoisotopic (exact) mass is 352 g/mol. The topological polar surface area (TPSA) is 86.7 Å². The number of amides is 3. The summed E-state index contributed by atoms with van der Waals surface area (Å²) in [6.45, 7) is 0.714. The molecule has 17 heavy (non-hydrogen) atoms. The second kappa shape index (κ2) is 6.10. The zero-order valence-electron chi connectivity index (χ0n) is 9.22. The van der Waals surface area contributed by atoms with E-state index < -0.39 is 30.4 Å². The largest absolute Gasteiger partial charge is 0.394 e. The smallest absolute Gasteiger partial charge is 0.254 e. The van der Waals surface area contributed by atoms with Crippen LogP contribution in [0.3, 0.4) is 0 Å². The van der Waals surface area contributed by atoms with Crippen LogP contribution in [0.25, 0.3) is 0 Å². The second-order valence-electron chi connectivity index (χ2n) is 3.56. The van der Waals surface area contributed by atoms with Crippen molar-refractivity contribution >= 4 is 40.3 Å². The van der Waals surface area contributed by atoms with E-state index in [0.717, 1.165) is 4.90 Å². The molecule has 0 saturated carbocycles. The van der Waals surface area contributed by atoms with Gasteiger partial charge in [-0.15, -0.1) is 0 Å². The first kappa shape index (κ1) is 14.1. The van der Waals surface area contributed by atoms with Gasteiger partial charge in [0.05, 0.1) is 12.6 Å². The van der Waals surface area contributed by atoms with Crippen LogP contribution in [-0.2, 0) is 14.4 Å². The van der Waals surface area contributed by atoms with Crippen LogP contribution in [0.4, 0.5) is 0 Å². The fourth-order valence-electron chi connectivity index (χ4n) is 1.51. The molecule has 0 spiro atoms. The Balaban J connectivity index is 2.80. The molecule has 2 unspecified atom stereocenters. The predicted molar refractivity (Wildman–Crippen MR) is 68.4 cm³/mol. The number of nitrogens with one attached hydrogen (secondary N) is 1. The second-order valence-corrected chi connectivity index (χ2v) is 4.44. The van der Waals surface area contributed by atoms with Gasteiger partial charge in [0.25, 0.3) is 11.8 Å². The lowest BCUT2D eigenvalue weighted by atomic mass is 10.2. The van der Waals surface area contributed by atoms with E-state index >= 15 is 0 Å². The molecule has 1 aliphatic rings. The van der Waals surface area contributed by atoms with Gasteiger partial charge in [0.2, 0.25) is 5.91 Å². The number of imide groups is 1. The molecular weight excluding hydrogens is 339 g/mol. The minimum Gasteiger partial charge on any atom is -0.394 e. The highest BCUT2D eigenvalue weighted by Crippen LogP contribution is 2.15. The fourth-order valence-corrected chi connectivity index (χ4v) is 2.20. The number of aliphatic hydroxyl groups excluding tert-OH is 1. The summed E-state index contributed by atoms with van der Waals surface area (Å²) in [5.41, 5.74) is 0. The highest BCUT2D eigenvalue weighted by Gasteiger charge is 2.35. The molecule has 1 heterocycles. The van der Waals surface area contributed by atoms with Gasteiger partial charge in [0.15, 0.2) is 0 Å². The number of nitrogens with zero attached hydrogens (tertiary/aromatic N) is 1. The normalized spacial score (nSPS) is 20.5. The zero-order valence-corrected chi connectivity index (χ0v) is 11.4. The molecular formula is C10H13IN2O4. The van der Waals surface area contributed by atoms with Crippen molar-refractivity contribution < 1.29 is 19.5 Å². The molecule has 0 bridgehead atoms. The summed E-state index contributed by atoms with van der Waals surface area (Å²) in [6, 6.07) is -1.37. The minimum atomic E-state index is -1.07. The third kappa shape index (κ3) is 3.25. The average molecular weight is 352 g/mol. The van der Waals surface area contributed by atoms with Crippen LogP contribution < -0.4 is 5.32 Å². The molecule has 2 atom stereocenters. The Kier molecular flexibility index (Phi) is 5.06. The van der Waals surface area contributed by atoms with Crippen LogP contribution in [0.15, 0.2) is 12.2 Å². The Morgan fingerprint density at radius 3 is 2.76 bits per heavy atom. The third-order valence-electron chi connectivity index (χ3n) is 2.28. The molecule has 1 rings (SSSR count). The van der Waals surface area contributed by atoms with Crippen molar-refractivity contribution in [1.29, 1.82) is 0 Å². The summed E-state index contributed by atoms with van der Waals surface area (Å²) in [5, 5.41) is 11.4. The van der Waals surface area contributed by atoms with Gasteiger partial charge in [0, 0.05) is 17.4 Å². The van der Waals surface area contributed by atoms with E-state index in [1.807, 2.05) is 0 Å². The molecule has 1 aliphatic heterocycles. The summed E-state index contributed by atoms with van der Waals surface area (Å²) in [6.07, 6.45) is 2.96. The Labute approximate surface area is 112 Å². The summed E-state index contributed by atoms with van der Waals surface area (Å²) in [4.78, 5) is 35.4. The first-order valence-electron chi connectivity index (χ1n) is 5.00. The van der Waals surface area contributed by atoms with E-state index in [1.165, 1.54) is 13.0 Å². The van der Waals surface area contributed by atoms with Gasteiger partial charge >= 0.3 is 0 Å². The van der Waals surface area contributed by atoms with Gasteiger partial charge in [-0.3, -0.25) is 19.3 Å². The maximum absolute atomic E-state index is 12.0. The number of carbonyl (C=O) groups excluding carboxylic acids is 3. The summed E-state index contributed by atoms with van der Waals surface area (Å²) in [7, 11) is 0. The maximum atomic E-state index is 12.0. The van der Waals surface area contributed by atoms with Crippen molar-refractivity contribution in [3.8, 4) is 0 Å². The summed E-state index contributed by atoms with van der Waals surface area (Å²) < 4.78 is 0.573. The Bertz CT molecular complexity index is 369. The van der Waals surface area contributed by atoms with Crippen LogP contribution in [0, 0.1) is 0 Å². The number of halogens is 1. The van der Waals surface area contributed by atoms with Crippen molar-refractivity contribution in [2.75, 3.05) is 11.0 Å². The molecule has 3 amide bonds. The lowest BCUT2D eigenvalue weighted by Gasteiger charge is -2.25. The molecule has 0 aliphatic carbocycles. The molecule has 2 N–H and O–H groups in total. The van der Waals surface area contributed by atoms with Crippen molar-refractivity contribution in [1.82, 2.24) is 10.2 Å². The molecule has 0 saturated heterocycles. The molecule has 0 radical (unpaired) electrons. The van der Waals surface area contributed by atoms with Gasteiger partial charge in [0.1, 0.15) is 6.04 Å². The van der Waals surface area contributed by atoms with E-state index in [-0.39, 0.29) is 6.04 Å². The van der Waals surface area contributed by atoms with Gasteiger partial charge in [-0.1, -0.05) is 28.7 Å². The van der Waals surface area contributed by atoms with E-state index in [4.69, 9.17) is 5.11 Å². The van der Waals surface area contributed by atoms with Crippen molar-refractivity contribution in [2.24, 2.45) is 0 Å². The van der Waals surface area contributed by atoms with Gasteiger partial charge in [-0.05, 0) is 0 Å². The Hall–Kier alpha value is -0.960. The van der Waals surface area contributed by atoms with Crippen LogP contribution in [-0.4, -0.2) is 50.8 Å². The molecule has 0 aromatic rings. The van der Waals surface area contributed by atoms with Crippen LogP contribution in [0.2, 0.25) is 0 Å². The van der Waals surface area contributed by atoms with E-state index in [2.05, 4.69) is 27.9 Å². The highest BCUT2D eigenvalue weighted by molar-refractivity contribution is 14.1. The summed E-state index contributed by atoms with van der Waals surface area (Å²) in [5.74, 6) is -1.43. The van der Waals surface area contributed by atoms with Crippen molar-refractivity contribution in [2.45, 2.75) is 19.0 Å². The highest BCUT2D eigenvalue weighted by atomic mass is 127. The Morgan fingerprint density at radius 1 is 1.65 bits per heavy atom. The van der Waals surface area contributed by atoms with E-state index in [9.17, 15) is 14.4 Å². The quantitative estimate of drug-likeness (QED) is 0.513. The van der Waals surface area contributed by atoms with Gasteiger partial charge < -0.3 is 10.4 Å². The fraction of sp³-hybridized carbons (Fsp3) is 0.500. The first-order chi connectivity index (χ1) is 8.01. The van der Waals surface area contributed by atoms with E-state index in [0.29, 0.717) is 4.43 Å². The third-order valence-corrected chi connectivity index (χ3v) is 3.19. The molecule has 0 fully saturated rings. The molecule has 94 valence electrons. The predicted octanol–water partition coefficient (Wildman–Crippen LogP) is -0.788. The SMILES string of the molecule is CC(=O)NC(CO)C(=O)N1C(=O)C=CC1CI. The van der Waals surface area contributed by atoms with Crippen molar-refractivity contribution in [3.63, 3.8) is 0 Å². The number of carbonyl (C=O) groups is 3. The van der Waals surface area contributed by atoms with Gasteiger partial charge in [-0.2, -0.15) is 0 Å². The number of aliphatic hydroxyl groups is 1. The van der Waals surface area contributed by atoms with Crippen LogP contribution >= 0.6 is 22.6 Å². The van der Waals surface area contributed by atoms with Crippen molar-refractivity contribution in [3.05, 3.63) is 12.2 Å². The lowest BCUT2D eigenvalue weighted by molar-refractivity contribution is -0.145. The zero-order chi connectivity index (χ0) is 13.0.